The minimum Gasteiger partial charge on any atom is -0.391 e. The Bertz CT molecular complexity index is 1060. The van der Waals surface area contributed by atoms with Crippen molar-refractivity contribution in [1.29, 1.82) is 0 Å². The number of fused-ring (bicyclic) bond motifs is 1. The first-order valence-corrected chi connectivity index (χ1v) is 8.59. The fraction of sp³-hybridized carbons (Fsp3) is 0.250. The molecule has 4 rings (SSSR count). The smallest absolute Gasteiger partial charge is 0.391 e. The van der Waals surface area contributed by atoms with E-state index in [4.69, 9.17) is 0 Å². The van der Waals surface area contributed by atoms with E-state index in [2.05, 4.69) is 4.98 Å². The Balaban J connectivity index is 1.81. The van der Waals surface area contributed by atoms with Crippen LogP contribution in [0.25, 0.3) is 22.0 Å². The van der Waals surface area contributed by atoms with Gasteiger partial charge in [-0.05, 0) is 36.1 Å². The Hall–Kier alpha value is -2.80. The Morgan fingerprint density at radius 1 is 1.11 bits per heavy atom. The summed E-state index contributed by atoms with van der Waals surface area (Å²) in [4.78, 5) is 17.1. The number of rotatable bonds is 2. The van der Waals surface area contributed by atoms with E-state index in [1.165, 1.54) is 18.2 Å². The van der Waals surface area contributed by atoms with Crippen molar-refractivity contribution in [2.45, 2.75) is 18.7 Å². The molecule has 1 saturated heterocycles. The van der Waals surface area contributed by atoms with Gasteiger partial charge in [0.2, 0.25) is 0 Å². The number of aliphatic hydroxyl groups excluding tert-OH is 1. The molecule has 3 aromatic rings. The summed E-state index contributed by atoms with van der Waals surface area (Å²) in [7, 11) is 0. The molecule has 0 saturated carbocycles. The van der Waals surface area contributed by atoms with Gasteiger partial charge in [0.25, 0.3) is 5.56 Å². The molecule has 0 aliphatic carbocycles. The minimum atomic E-state index is -4.51. The second-order valence-corrected chi connectivity index (χ2v) is 6.72. The number of nitrogens with zero attached hydrogens (tertiary/aromatic N) is 1. The number of halogens is 3. The average molecular weight is 374 g/mol. The van der Waals surface area contributed by atoms with E-state index in [1.54, 1.807) is 18.2 Å². The predicted octanol–water partition coefficient (Wildman–Crippen LogP) is 3.78. The fourth-order valence-electron chi connectivity index (χ4n) is 3.53. The third-order valence-corrected chi connectivity index (χ3v) is 4.88. The number of H-pyrrole nitrogens is 1. The van der Waals surface area contributed by atoms with Gasteiger partial charge < -0.3 is 15.0 Å². The van der Waals surface area contributed by atoms with Crippen molar-refractivity contribution in [2.24, 2.45) is 0 Å². The number of aromatic amines is 1. The normalized spacial score (nSPS) is 17.6. The van der Waals surface area contributed by atoms with Crippen LogP contribution in [-0.4, -0.2) is 29.3 Å². The molecule has 1 aromatic heterocycles. The molecule has 7 heteroatoms. The van der Waals surface area contributed by atoms with Crippen molar-refractivity contribution >= 4 is 16.5 Å². The van der Waals surface area contributed by atoms with E-state index in [0.717, 1.165) is 11.8 Å². The first-order valence-electron chi connectivity index (χ1n) is 8.59. The van der Waals surface area contributed by atoms with Gasteiger partial charge in [0, 0.05) is 35.4 Å². The van der Waals surface area contributed by atoms with Gasteiger partial charge in [0.1, 0.15) is 0 Å². The zero-order valence-corrected chi connectivity index (χ0v) is 14.3. The number of aromatic nitrogens is 1. The molecule has 4 nitrogen and oxygen atoms in total. The third kappa shape index (κ3) is 3.30. The van der Waals surface area contributed by atoms with Crippen LogP contribution in [0.3, 0.4) is 0 Å². The number of aliphatic hydroxyl groups is 1. The molecule has 2 aromatic carbocycles. The Morgan fingerprint density at radius 2 is 1.89 bits per heavy atom. The number of alkyl halides is 3. The summed E-state index contributed by atoms with van der Waals surface area (Å²) in [6.07, 6.45) is -4.23. The average Bonchev–Trinajstić information content (AvgIpc) is 3.07. The fourth-order valence-corrected chi connectivity index (χ4v) is 3.53. The summed E-state index contributed by atoms with van der Waals surface area (Å²) in [6.45, 7) is 1.20. The standard InChI is InChI=1S/C20H17F3N2O2/c21-20(22,23)17-4-2-1-3-15(17)18-9-12-5-6-13(10-16(12)19(27)24-18)25-8-7-14(26)11-25/h1-6,9-10,14,26H,7-8,11H2,(H,24,27). The lowest BCUT2D eigenvalue weighted by Gasteiger charge is -2.18. The maximum absolute atomic E-state index is 13.3. The first kappa shape index (κ1) is 17.6. The maximum Gasteiger partial charge on any atom is 0.417 e. The number of hydrogen-bond donors (Lipinski definition) is 2. The number of anilines is 1. The molecule has 1 aliphatic rings. The monoisotopic (exact) mass is 374 g/mol. The summed E-state index contributed by atoms with van der Waals surface area (Å²) in [5.41, 5.74) is -0.350. The van der Waals surface area contributed by atoms with Crippen molar-refractivity contribution in [3.05, 3.63) is 64.4 Å². The van der Waals surface area contributed by atoms with E-state index in [-0.39, 0.29) is 17.4 Å². The summed E-state index contributed by atoms with van der Waals surface area (Å²) >= 11 is 0. The molecule has 1 aliphatic heterocycles. The lowest BCUT2D eigenvalue weighted by atomic mass is 10.0. The van der Waals surface area contributed by atoms with Crippen molar-refractivity contribution in [1.82, 2.24) is 4.98 Å². The summed E-state index contributed by atoms with van der Waals surface area (Å²) in [6, 6.07) is 12.0. The van der Waals surface area contributed by atoms with Gasteiger partial charge in [-0.1, -0.05) is 24.3 Å². The molecule has 0 spiro atoms. The van der Waals surface area contributed by atoms with Crippen molar-refractivity contribution in [3.63, 3.8) is 0 Å². The SMILES string of the molecule is O=c1[nH]c(-c2ccccc2C(F)(F)F)cc2ccc(N3CCC(O)C3)cc12. The number of hydrogen-bond acceptors (Lipinski definition) is 3. The molecule has 2 heterocycles. The molecule has 1 atom stereocenters. The van der Waals surface area contributed by atoms with Crippen LogP contribution in [0.15, 0.2) is 53.3 Å². The molecule has 140 valence electrons. The number of nitrogens with one attached hydrogen (secondary N) is 1. The van der Waals surface area contributed by atoms with Gasteiger partial charge in [0.05, 0.1) is 11.7 Å². The van der Waals surface area contributed by atoms with Crippen LogP contribution in [-0.2, 0) is 6.18 Å². The van der Waals surface area contributed by atoms with Crippen LogP contribution >= 0.6 is 0 Å². The minimum absolute atomic E-state index is 0.0595. The first-order chi connectivity index (χ1) is 12.8. The maximum atomic E-state index is 13.3. The molecule has 0 radical (unpaired) electrons. The molecular weight excluding hydrogens is 357 g/mol. The zero-order valence-electron chi connectivity index (χ0n) is 14.3. The van der Waals surface area contributed by atoms with Gasteiger partial charge in [-0.3, -0.25) is 4.79 Å². The lowest BCUT2D eigenvalue weighted by Crippen LogP contribution is -2.21. The van der Waals surface area contributed by atoms with E-state index < -0.39 is 17.3 Å². The molecule has 27 heavy (non-hydrogen) atoms. The zero-order chi connectivity index (χ0) is 19.2. The van der Waals surface area contributed by atoms with E-state index in [9.17, 15) is 23.1 Å². The highest BCUT2D eigenvalue weighted by Gasteiger charge is 2.33. The van der Waals surface area contributed by atoms with Crippen LogP contribution in [0.4, 0.5) is 18.9 Å². The molecule has 0 bridgehead atoms. The van der Waals surface area contributed by atoms with E-state index >= 15 is 0 Å². The van der Waals surface area contributed by atoms with Crippen molar-refractivity contribution < 1.29 is 18.3 Å². The van der Waals surface area contributed by atoms with Gasteiger partial charge in [-0.2, -0.15) is 13.2 Å². The molecule has 1 fully saturated rings. The second kappa shape index (κ2) is 6.42. The van der Waals surface area contributed by atoms with Gasteiger partial charge in [-0.15, -0.1) is 0 Å². The van der Waals surface area contributed by atoms with Crippen LogP contribution < -0.4 is 10.5 Å². The van der Waals surface area contributed by atoms with Crippen LogP contribution in [0.5, 0.6) is 0 Å². The highest BCUT2D eigenvalue weighted by Crippen LogP contribution is 2.36. The predicted molar refractivity (Wildman–Crippen MR) is 97.8 cm³/mol. The lowest BCUT2D eigenvalue weighted by molar-refractivity contribution is -0.137. The Kier molecular flexibility index (Phi) is 4.19. The van der Waals surface area contributed by atoms with Crippen LogP contribution in [0.2, 0.25) is 0 Å². The van der Waals surface area contributed by atoms with Gasteiger partial charge in [0.15, 0.2) is 0 Å². The van der Waals surface area contributed by atoms with Crippen molar-refractivity contribution in [3.8, 4) is 11.3 Å². The summed E-state index contributed by atoms with van der Waals surface area (Å²) in [5, 5.41) is 10.7. The quantitative estimate of drug-likeness (QED) is 0.718. The molecular formula is C20H17F3N2O2. The largest absolute Gasteiger partial charge is 0.417 e. The van der Waals surface area contributed by atoms with Gasteiger partial charge >= 0.3 is 6.18 Å². The highest BCUT2D eigenvalue weighted by molar-refractivity contribution is 5.88. The third-order valence-electron chi connectivity index (χ3n) is 4.88. The Morgan fingerprint density at radius 3 is 2.59 bits per heavy atom. The van der Waals surface area contributed by atoms with Gasteiger partial charge in [-0.25, -0.2) is 0 Å². The van der Waals surface area contributed by atoms with E-state index in [0.29, 0.717) is 30.3 Å². The molecule has 1 unspecified atom stereocenters. The van der Waals surface area contributed by atoms with Crippen LogP contribution in [0.1, 0.15) is 12.0 Å². The number of β-amino-alcohol motifs (C(OH)–C–C–N with tert-alkyl or cyclic N) is 1. The number of benzene rings is 2. The number of pyridine rings is 1. The van der Waals surface area contributed by atoms with Crippen LogP contribution in [0, 0.1) is 0 Å². The summed E-state index contributed by atoms with van der Waals surface area (Å²) in [5.74, 6) is 0. The highest BCUT2D eigenvalue weighted by atomic mass is 19.4. The van der Waals surface area contributed by atoms with E-state index in [1.807, 2.05) is 11.0 Å². The molecule has 0 amide bonds. The second-order valence-electron chi connectivity index (χ2n) is 6.72. The Labute approximate surface area is 152 Å². The topological polar surface area (TPSA) is 56.3 Å². The van der Waals surface area contributed by atoms with Crippen molar-refractivity contribution in [2.75, 3.05) is 18.0 Å². The summed E-state index contributed by atoms with van der Waals surface area (Å²) < 4.78 is 39.9. The molecule has 2 N–H and O–H groups in total.